The van der Waals surface area contributed by atoms with Crippen molar-refractivity contribution in [3.8, 4) is 28.4 Å². The van der Waals surface area contributed by atoms with Gasteiger partial charge in [0.2, 0.25) is 0 Å². The van der Waals surface area contributed by atoms with Crippen molar-refractivity contribution in [3.63, 3.8) is 0 Å². The molecule has 1 heterocycles. The number of likely N-dealkylation sites (N-methyl/N-ethyl adjacent to an activating group) is 2. The van der Waals surface area contributed by atoms with E-state index in [9.17, 15) is 24.9 Å². The molecule has 4 rings (SSSR count). The lowest BCUT2D eigenvalue weighted by Crippen LogP contribution is -2.40. The van der Waals surface area contributed by atoms with Crippen molar-refractivity contribution in [2.24, 2.45) is 0 Å². The van der Waals surface area contributed by atoms with E-state index in [-0.39, 0.29) is 37.4 Å². The van der Waals surface area contributed by atoms with Gasteiger partial charge in [-0.15, -0.1) is 0 Å². The summed E-state index contributed by atoms with van der Waals surface area (Å²) in [7, 11) is 10.1. The number of rotatable bonds is 4. The summed E-state index contributed by atoms with van der Waals surface area (Å²) in [4.78, 5) is 27.9. The van der Waals surface area contributed by atoms with Crippen LogP contribution in [0.25, 0.3) is 11.1 Å². The molecule has 0 spiro atoms. The number of hydrogen-bond donors (Lipinski definition) is 5. The standard InChI is InChI=1S/C16H18O2.C11H16O.C7H14N2O3.C5H12N2O/c1-9-5-13(6-10(2)15(9)17)14-7-11(3)16(18)12(4)8-14;1-7(2)10-5-8(3)11(12)9(4)6-10;1-8-5(3-10)6(4-11)9(2)7(8)12;1-6(2)5(8)7(3)4/h5-8,17-18H,1-4H3;5-7,12H,1-4H3;5-6,10-11H,3-4H2,1-2H3;1-4H3. The monoisotopic (exact) mass is 696 g/mol. The number of benzene rings is 3. The lowest BCUT2D eigenvalue weighted by Gasteiger charge is -2.20. The Hall–Kier alpha value is -4.48. The summed E-state index contributed by atoms with van der Waals surface area (Å²) in [6.07, 6.45) is 0. The summed E-state index contributed by atoms with van der Waals surface area (Å²) in [5, 5.41) is 47.0. The van der Waals surface area contributed by atoms with Crippen LogP contribution < -0.4 is 0 Å². The van der Waals surface area contributed by atoms with E-state index in [1.165, 1.54) is 25.2 Å². The van der Waals surface area contributed by atoms with Crippen molar-refractivity contribution in [3.05, 3.63) is 75.3 Å². The molecule has 0 bridgehead atoms. The molecule has 278 valence electrons. The number of amides is 4. The number of phenols is 3. The molecule has 2 unspecified atom stereocenters. The van der Waals surface area contributed by atoms with Gasteiger partial charge < -0.3 is 45.1 Å². The molecule has 11 heteroatoms. The zero-order valence-corrected chi connectivity index (χ0v) is 32.5. The molecule has 1 aliphatic rings. The Morgan fingerprint density at radius 1 is 0.620 bits per heavy atom. The van der Waals surface area contributed by atoms with Gasteiger partial charge in [-0.3, -0.25) is 0 Å². The molecule has 0 radical (unpaired) electrons. The first-order valence-corrected chi connectivity index (χ1v) is 16.6. The highest BCUT2D eigenvalue weighted by Gasteiger charge is 2.40. The number of carbonyl (C=O) groups is 2. The van der Waals surface area contributed by atoms with Crippen molar-refractivity contribution in [2.75, 3.05) is 55.5 Å². The van der Waals surface area contributed by atoms with Crippen LogP contribution in [0.5, 0.6) is 17.2 Å². The second kappa shape index (κ2) is 19.1. The fourth-order valence-corrected chi connectivity index (χ4v) is 5.50. The molecular formula is C39H60N4O7. The van der Waals surface area contributed by atoms with Gasteiger partial charge in [-0.25, -0.2) is 9.59 Å². The summed E-state index contributed by atoms with van der Waals surface area (Å²) in [5.74, 6) is 1.67. The van der Waals surface area contributed by atoms with Crippen LogP contribution in [0, 0.1) is 41.5 Å². The topological polar surface area (TPSA) is 148 Å². The molecule has 1 saturated heterocycles. The molecule has 0 saturated carbocycles. The maximum Gasteiger partial charge on any atom is 0.320 e. The number of aliphatic hydroxyl groups excluding tert-OH is 2. The van der Waals surface area contributed by atoms with Crippen LogP contribution in [0.4, 0.5) is 9.59 Å². The average molecular weight is 697 g/mol. The van der Waals surface area contributed by atoms with Crippen LogP contribution in [-0.2, 0) is 0 Å². The predicted molar refractivity (Wildman–Crippen MR) is 201 cm³/mol. The molecule has 5 N–H and O–H groups in total. The number of nitrogens with zero attached hydrogens (tertiary/aromatic N) is 4. The Bertz CT molecular complexity index is 1450. The molecule has 1 aliphatic heterocycles. The van der Waals surface area contributed by atoms with Gasteiger partial charge in [-0.1, -0.05) is 26.0 Å². The fourth-order valence-electron chi connectivity index (χ4n) is 5.50. The van der Waals surface area contributed by atoms with Gasteiger partial charge >= 0.3 is 12.1 Å². The minimum Gasteiger partial charge on any atom is -0.507 e. The summed E-state index contributed by atoms with van der Waals surface area (Å²) in [6.45, 7) is 15.5. The first kappa shape index (κ1) is 43.5. The van der Waals surface area contributed by atoms with Gasteiger partial charge in [0.1, 0.15) is 17.2 Å². The van der Waals surface area contributed by atoms with E-state index in [0.29, 0.717) is 23.2 Å². The molecule has 3 aromatic rings. The van der Waals surface area contributed by atoms with E-state index in [2.05, 4.69) is 13.8 Å². The van der Waals surface area contributed by atoms with Crippen molar-refractivity contribution in [1.29, 1.82) is 0 Å². The zero-order valence-electron chi connectivity index (χ0n) is 32.5. The molecular weight excluding hydrogens is 636 g/mol. The number of aromatic hydroxyl groups is 3. The van der Waals surface area contributed by atoms with Crippen LogP contribution >= 0.6 is 0 Å². The molecule has 0 aliphatic carbocycles. The largest absolute Gasteiger partial charge is 0.507 e. The van der Waals surface area contributed by atoms with E-state index in [4.69, 9.17) is 10.2 Å². The average Bonchev–Trinajstić information content (AvgIpc) is 3.26. The van der Waals surface area contributed by atoms with E-state index in [1.807, 2.05) is 77.9 Å². The fraction of sp³-hybridized carbons (Fsp3) is 0.487. The zero-order chi connectivity index (χ0) is 38.8. The molecule has 1 fully saturated rings. The highest BCUT2D eigenvalue weighted by molar-refractivity contribution is 5.77. The number of carbonyl (C=O) groups excluding carboxylic acids is 2. The van der Waals surface area contributed by atoms with Gasteiger partial charge in [0.05, 0.1) is 25.3 Å². The number of aliphatic hydroxyl groups is 2. The van der Waals surface area contributed by atoms with E-state index in [1.54, 1.807) is 42.3 Å². The Morgan fingerprint density at radius 2 is 0.880 bits per heavy atom. The molecule has 4 amide bonds. The molecule has 2 atom stereocenters. The molecule has 3 aromatic carbocycles. The smallest absolute Gasteiger partial charge is 0.320 e. The Labute approximate surface area is 299 Å². The van der Waals surface area contributed by atoms with Crippen LogP contribution in [0.15, 0.2) is 36.4 Å². The van der Waals surface area contributed by atoms with E-state index >= 15 is 0 Å². The summed E-state index contributed by atoms with van der Waals surface area (Å²) in [6, 6.07) is 11.3. The molecule has 0 aromatic heterocycles. The number of aryl methyl sites for hydroxylation is 6. The number of phenolic OH excluding ortho intramolecular Hbond substituents is 3. The quantitative estimate of drug-likeness (QED) is 0.223. The van der Waals surface area contributed by atoms with E-state index < -0.39 is 0 Å². The normalized spacial score (nSPS) is 15.0. The lowest BCUT2D eigenvalue weighted by molar-refractivity contribution is 0.131. The minimum atomic E-state index is -0.285. The first-order chi connectivity index (χ1) is 23.1. The summed E-state index contributed by atoms with van der Waals surface area (Å²) < 4.78 is 0. The van der Waals surface area contributed by atoms with Crippen molar-refractivity contribution < 1.29 is 35.1 Å². The van der Waals surface area contributed by atoms with Crippen molar-refractivity contribution in [2.45, 2.75) is 73.4 Å². The second-order valence-electron chi connectivity index (χ2n) is 13.7. The van der Waals surface area contributed by atoms with Gasteiger partial charge in [-0.2, -0.15) is 0 Å². The van der Waals surface area contributed by atoms with Gasteiger partial charge in [0, 0.05) is 42.3 Å². The van der Waals surface area contributed by atoms with Crippen LogP contribution in [0.1, 0.15) is 58.7 Å². The Balaban J connectivity index is 0.000000348. The van der Waals surface area contributed by atoms with Gasteiger partial charge in [0.25, 0.3) is 0 Å². The van der Waals surface area contributed by atoms with Gasteiger partial charge in [0.15, 0.2) is 0 Å². The Morgan fingerprint density at radius 3 is 1.08 bits per heavy atom. The van der Waals surface area contributed by atoms with Crippen LogP contribution in [0.2, 0.25) is 0 Å². The van der Waals surface area contributed by atoms with Gasteiger partial charge in [-0.05, 0) is 122 Å². The summed E-state index contributed by atoms with van der Waals surface area (Å²) in [5.41, 5.74) is 8.84. The van der Waals surface area contributed by atoms with Crippen LogP contribution in [0.3, 0.4) is 0 Å². The van der Waals surface area contributed by atoms with Crippen LogP contribution in [-0.4, -0.2) is 125 Å². The van der Waals surface area contributed by atoms with Crippen molar-refractivity contribution >= 4 is 12.1 Å². The Kier molecular flexibility index (Phi) is 16.6. The minimum absolute atomic E-state index is 0.0185. The second-order valence-corrected chi connectivity index (χ2v) is 13.7. The third kappa shape index (κ3) is 11.3. The maximum atomic E-state index is 11.3. The highest BCUT2D eigenvalue weighted by atomic mass is 16.3. The third-order valence-electron chi connectivity index (χ3n) is 8.68. The number of hydrogen-bond acceptors (Lipinski definition) is 7. The SMILES string of the molecule is CN(C)C(=O)N(C)C.CN1C(=O)N(C)C(CO)C1CO.Cc1cc(-c2cc(C)c(O)c(C)c2)cc(C)c1O.Cc1cc(C(C)C)cc(C)c1O. The molecule has 11 nitrogen and oxygen atoms in total. The highest BCUT2D eigenvalue weighted by Crippen LogP contribution is 2.33. The van der Waals surface area contributed by atoms with Crippen molar-refractivity contribution in [1.82, 2.24) is 19.6 Å². The van der Waals surface area contributed by atoms with E-state index in [0.717, 1.165) is 44.5 Å². The summed E-state index contributed by atoms with van der Waals surface area (Å²) >= 11 is 0. The predicted octanol–water partition coefficient (Wildman–Crippen LogP) is 6.07. The first-order valence-electron chi connectivity index (χ1n) is 16.6. The number of urea groups is 2. The lowest BCUT2D eigenvalue weighted by atomic mass is 9.96. The molecule has 50 heavy (non-hydrogen) atoms. The maximum absolute atomic E-state index is 11.3. The third-order valence-corrected chi connectivity index (χ3v) is 8.68.